The Labute approximate surface area is 96.8 Å². The van der Waals surface area contributed by atoms with E-state index in [-0.39, 0.29) is 6.61 Å². The second-order valence-corrected chi connectivity index (χ2v) is 3.49. The van der Waals surface area contributed by atoms with E-state index in [1.807, 2.05) is 0 Å². The van der Waals surface area contributed by atoms with Gasteiger partial charge in [-0.1, -0.05) is 5.16 Å². The van der Waals surface area contributed by atoms with Crippen molar-refractivity contribution >= 4 is 0 Å². The molecule has 6 heteroatoms. The summed E-state index contributed by atoms with van der Waals surface area (Å²) in [7, 11) is 0. The summed E-state index contributed by atoms with van der Waals surface area (Å²) in [5.41, 5.74) is 0.383. The third kappa shape index (κ3) is 2.79. The highest BCUT2D eigenvalue weighted by atomic mass is 19.1. The molecule has 0 aliphatic rings. The quantitative estimate of drug-likeness (QED) is 0.880. The van der Waals surface area contributed by atoms with Gasteiger partial charge in [0.05, 0.1) is 6.10 Å². The number of hydrogen-bond acceptors (Lipinski definition) is 5. The molecule has 0 aliphatic heterocycles. The third-order valence-corrected chi connectivity index (χ3v) is 2.19. The van der Waals surface area contributed by atoms with Gasteiger partial charge in [-0.05, 0) is 25.1 Å². The molecule has 0 unspecified atom stereocenters. The molecule has 0 aliphatic carbocycles. The minimum absolute atomic E-state index is 0.0991. The zero-order valence-electron chi connectivity index (χ0n) is 9.13. The first kappa shape index (κ1) is 11.5. The zero-order valence-corrected chi connectivity index (χ0v) is 9.13. The first-order valence-electron chi connectivity index (χ1n) is 5.02. The van der Waals surface area contributed by atoms with Crippen molar-refractivity contribution in [1.82, 2.24) is 10.1 Å². The van der Waals surface area contributed by atoms with Crippen LogP contribution in [0.25, 0.3) is 0 Å². The molecule has 17 heavy (non-hydrogen) atoms. The number of aromatic nitrogens is 2. The normalized spacial score (nSPS) is 12.4. The lowest BCUT2D eigenvalue weighted by Gasteiger charge is -2.12. The van der Waals surface area contributed by atoms with Gasteiger partial charge in [-0.2, -0.15) is 4.98 Å². The van der Waals surface area contributed by atoms with Gasteiger partial charge < -0.3 is 14.4 Å². The number of benzene rings is 1. The SMILES string of the molecule is C[C@H](O)c1cc(F)ccc1OCc1ncon1. The lowest BCUT2D eigenvalue weighted by molar-refractivity contribution is 0.188. The minimum Gasteiger partial charge on any atom is -0.485 e. The second kappa shape index (κ2) is 4.92. The van der Waals surface area contributed by atoms with Gasteiger partial charge in [0, 0.05) is 5.56 Å². The molecule has 2 rings (SSSR count). The molecule has 90 valence electrons. The van der Waals surface area contributed by atoms with Crippen LogP contribution in [0.4, 0.5) is 4.39 Å². The standard InChI is InChI=1S/C11H11FN2O3/c1-7(15)9-4-8(12)2-3-10(9)16-5-11-13-6-17-14-11/h2-4,6-7,15H,5H2,1H3/t7-/m0/s1. The van der Waals surface area contributed by atoms with E-state index in [0.717, 1.165) is 0 Å². The molecule has 0 saturated carbocycles. The maximum absolute atomic E-state index is 13.0. The number of halogens is 1. The summed E-state index contributed by atoms with van der Waals surface area (Å²) in [6, 6.07) is 3.95. The van der Waals surface area contributed by atoms with E-state index in [9.17, 15) is 9.50 Å². The van der Waals surface area contributed by atoms with Gasteiger partial charge in [-0.25, -0.2) is 4.39 Å². The maximum Gasteiger partial charge on any atom is 0.213 e. The average Bonchev–Trinajstić information content (AvgIpc) is 2.80. The highest BCUT2D eigenvalue weighted by Crippen LogP contribution is 2.26. The van der Waals surface area contributed by atoms with E-state index in [4.69, 9.17) is 4.74 Å². The van der Waals surface area contributed by atoms with Gasteiger partial charge in [0.15, 0.2) is 6.61 Å². The van der Waals surface area contributed by atoms with Crippen LogP contribution in [0.3, 0.4) is 0 Å². The number of hydrogen-bond donors (Lipinski definition) is 1. The van der Waals surface area contributed by atoms with Crippen molar-refractivity contribution in [2.45, 2.75) is 19.6 Å². The largest absolute Gasteiger partial charge is 0.485 e. The van der Waals surface area contributed by atoms with E-state index in [0.29, 0.717) is 17.1 Å². The summed E-state index contributed by atoms with van der Waals surface area (Å²) < 4.78 is 23.0. The van der Waals surface area contributed by atoms with Gasteiger partial charge in [-0.3, -0.25) is 0 Å². The molecule has 1 atom stereocenters. The molecular formula is C11H11FN2O3. The second-order valence-electron chi connectivity index (χ2n) is 3.49. The summed E-state index contributed by atoms with van der Waals surface area (Å²) in [4.78, 5) is 3.78. The van der Waals surface area contributed by atoms with E-state index < -0.39 is 11.9 Å². The van der Waals surface area contributed by atoms with Crippen molar-refractivity contribution in [3.8, 4) is 5.75 Å². The summed E-state index contributed by atoms with van der Waals surface area (Å²) in [5.74, 6) is 0.352. The number of aliphatic hydroxyl groups excluding tert-OH is 1. The van der Waals surface area contributed by atoms with Crippen LogP contribution in [0.2, 0.25) is 0 Å². The Morgan fingerprint density at radius 1 is 1.53 bits per heavy atom. The topological polar surface area (TPSA) is 68.4 Å². The Bertz CT molecular complexity index is 485. The van der Waals surface area contributed by atoms with Crippen molar-refractivity contribution in [3.05, 3.63) is 41.8 Å². The molecule has 1 aromatic carbocycles. The van der Waals surface area contributed by atoms with Gasteiger partial charge in [0.2, 0.25) is 12.2 Å². The first-order chi connectivity index (χ1) is 8.16. The van der Waals surface area contributed by atoms with Crippen LogP contribution in [0.15, 0.2) is 29.1 Å². The molecule has 0 amide bonds. The van der Waals surface area contributed by atoms with Crippen molar-refractivity contribution in [1.29, 1.82) is 0 Å². The summed E-state index contributed by atoms with van der Waals surface area (Å²) in [6.45, 7) is 1.64. The average molecular weight is 238 g/mol. The van der Waals surface area contributed by atoms with Gasteiger partial charge in [0.25, 0.3) is 0 Å². The zero-order chi connectivity index (χ0) is 12.3. The monoisotopic (exact) mass is 238 g/mol. The van der Waals surface area contributed by atoms with Crippen molar-refractivity contribution in [3.63, 3.8) is 0 Å². The van der Waals surface area contributed by atoms with Gasteiger partial charge in [0.1, 0.15) is 11.6 Å². The molecule has 5 nitrogen and oxygen atoms in total. The fourth-order valence-electron chi connectivity index (χ4n) is 1.38. The predicted molar refractivity (Wildman–Crippen MR) is 55.7 cm³/mol. The third-order valence-electron chi connectivity index (χ3n) is 2.19. The van der Waals surface area contributed by atoms with Crippen molar-refractivity contribution in [2.24, 2.45) is 0 Å². The van der Waals surface area contributed by atoms with Crippen LogP contribution in [0.1, 0.15) is 24.4 Å². The highest BCUT2D eigenvalue weighted by Gasteiger charge is 2.11. The van der Waals surface area contributed by atoms with Gasteiger partial charge in [-0.15, -0.1) is 0 Å². The Kier molecular flexibility index (Phi) is 3.34. The first-order valence-corrected chi connectivity index (χ1v) is 5.02. The molecule has 1 N–H and O–H groups in total. The Balaban J connectivity index is 2.14. The van der Waals surface area contributed by atoms with Crippen LogP contribution in [0, 0.1) is 5.82 Å². The molecule has 0 bridgehead atoms. The summed E-state index contributed by atoms with van der Waals surface area (Å²) in [5, 5.41) is 13.1. The fraction of sp³-hybridized carbons (Fsp3) is 0.273. The number of aliphatic hydroxyl groups is 1. The van der Waals surface area contributed by atoms with Gasteiger partial charge >= 0.3 is 0 Å². The molecule has 1 aromatic heterocycles. The summed E-state index contributed by atoms with van der Waals surface area (Å²) >= 11 is 0. The number of nitrogens with zero attached hydrogens (tertiary/aromatic N) is 2. The fourth-order valence-corrected chi connectivity index (χ4v) is 1.38. The Morgan fingerprint density at radius 3 is 3.00 bits per heavy atom. The Hall–Kier alpha value is -1.95. The van der Waals surface area contributed by atoms with Crippen molar-refractivity contribution in [2.75, 3.05) is 0 Å². The van der Waals surface area contributed by atoms with E-state index in [2.05, 4.69) is 14.7 Å². The molecule has 0 spiro atoms. The number of ether oxygens (including phenoxy) is 1. The molecule has 1 heterocycles. The van der Waals surface area contributed by atoms with Crippen LogP contribution >= 0.6 is 0 Å². The lowest BCUT2D eigenvalue weighted by atomic mass is 10.1. The van der Waals surface area contributed by atoms with Crippen LogP contribution < -0.4 is 4.74 Å². The number of rotatable bonds is 4. The molecule has 0 radical (unpaired) electrons. The molecule has 2 aromatic rings. The molecule has 0 fully saturated rings. The minimum atomic E-state index is -0.814. The molecule has 0 saturated heterocycles. The molecular weight excluding hydrogens is 227 g/mol. The van der Waals surface area contributed by atoms with E-state index >= 15 is 0 Å². The summed E-state index contributed by atoms with van der Waals surface area (Å²) in [6.07, 6.45) is 0.379. The van der Waals surface area contributed by atoms with E-state index in [1.54, 1.807) is 0 Å². The smallest absolute Gasteiger partial charge is 0.213 e. The van der Waals surface area contributed by atoms with Crippen molar-refractivity contribution < 1.29 is 18.8 Å². The maximum atomic E-state index is 13.0. The highest BCUT2D eigenvalue weighted by molar-refractivity contribution is 5.35. The Morgan fingerprint density at radius 2 is 2.35 bits per heavy atom. The van der Waals surface area contributed by atoms with Crippen LogP contribution in [0.5, 0.6) is 5.75 Å². The van der Waals surface area contributed by atoms with Crippen LogP contribution in [-0.4, -0.2) is 15.2 Å². The van der Waals surface area contributed by atoms with Crippen LogP contribution in [-0.2, 0) is 6.61 Å². The van der Waals surface area contributed by atoms with E-state index in [1.165, 1.54) is 31.5 Å². The lowest BCUT2D eigenvalue weighted by Crippen LogP contribution is -2.02. The predicted octanol–water partition coefficient (Wildman–Crippen LogP) is 1.84.